The van der Waals surface area contributed by atoms with E-state index in [-0.39, 0.29) is 22.9 Å². The van der Waals surface area contributed by atoms with Crippen LogP contribution in [0, 0.1) is 0 Å². The number of carbonyl (C=O) groups excluding carboxylic acids is 1. The zero-order chi connectivity index (χ0) is 26.1. The van der Waals surface area contributed by atoms with Crippen LogP contribution < -0.4 is 31.6 Å². The first-order valence-electron chi connectivity index (χ1n) is 13.9. The van der Waals surface area contributed by atoms with Crippen molar-refractivity contribution in [2.75, 3.05) is 11.9 Å². The van der Waals surface area contributed by atoms with Crippen molar-refractivity contribution in [1.29, 1.82) is 0 Å². The van der Waals surface area contributed by atoms with Crippen LogP contribution in [-0.2, 0) is 6.54 Å². The van der Waals surface area contributed by atoms with Gasteiger partial charge in [0.25, 0.3) is 5.91 Å². The fourth-order valence-corrected chi connectivity index (χ4v) is 5.20. The smallest absolute Gasteiger partial charge is 0.255 e. The van der Waals surface area contributed by atoms with Gasteiger partial charge in [0.2, 0.25) is 5.51 Å². The summed E-state index contributed by atoms with van der Waals surface area (Å²) in [4.78, 5) is 12.8. The van der Waals surface area contributed by atoms with E-state index in [1.165, 1.54) is 70.6 Å². The minimum absolute atomic E-state index is 0. The molecule has 38 heavy (non-hydrogen) atoms. The number of amides is 1. The summed E-state index contributed by atoms with van der Waals surface area (Å²) in [6, 6.07) is 13.1. The SMILES string of the molecule is CCCCCCCCCCCCCCOc1ccc(NC(=O)c2cccc(C[n+]3ccsc3)c2)c(Cl)c1.[Br-]. The summed E-state index contributed by atoms with van der Waals surface area (Å²) < 4.78 is 7.98. The van der Waals surface area contributed by atoms with Crippen LogP contribution in [0.1, 0.15) is 99.9 Å². The lowest BCUT2D eigenvalue weighted by atomic mass is 10.1. The van der Waals surface area contributed by atoms with Crippen molar-refractivity contribution >= 4 is 34.5 Å². The monoisotopic (exact) mass is 620 g/mol. The molecule has 3 aromatic rings. The van der Waals surface area contributed by atoms with Crippen LogP contribution in [0.5, 0.6) is 5.75 Å². The minimum Gasteiger partial charge on any atom is -1.00 e. The molecule has 3 rings (SSSR count). The van der Waals surface area contributed by atoms with Gasteiger partial charge in [0.05, 0.1) is 22.7 Å². The number of rotatable bonds is 18. The first kappa shape index (κ1) is 32.3. The quantitative estimate of drug-likeness (QED) is 0.138. The van der Waals surface area contributed by atoms with E-state index in [9.17, 15) is 4.79 Å². The van der Waals surface area contributed by atoms with E-state index in [1.54, 1.807) is 17.4 Å². The molecular weight excluding hydrogens is 580 g/mol. The topological polar surface area (TPSA) is 42.2 Å². The van der Waals surface area contributed by atoms with Gasteiger partial charge in [-0.3, -0.25) is 4.79 Å². The molecule has 1 heterocycles. The van der Waals surface area contributed by atoms with Crippen molar-refractivity contribution in [2.24, 2.45) is 0 Å². The largest absolute Gasteiger partial charge is 1.00 e. The molecule has 0 aliphatic heterocycles. The number of thiazole rings is 1. The van der Waals surface area contributed by atoms with E-state index in [0.29, 0.717) is 22.9 Å². The van der Waals surface area contributed by atoms with Gasteiger partial charge in [0.1, 0.15) is 5.75 Å². The molecule has 208 valence electrons. The molecule has 0 unspecified atom stereocenters. The van der Waals surface area contributed by atoms with Crippen molar-refractivity contribution in [1.82, 2.24) is 0 Å². The number of unbranched alkanes of at least 4 members (excludes halogenated alkanes) is 11. The lowest BCUT2D eigenvalue weighted by molar-refractivity contribution is -0.683. The Hall–Kier alpha value is -1.89. The van der Waals surface area contributed by atoms with Crippen LogP contribution in [-0.4, -0.2) is 12.5 Å². The molecule has 0 saturated heterocycles. The molecule has 0 aliphatic rings. The summed E-state index contributed by atoms with van der Waals surface area (Å²) >= 11 is 8.09. The van der Waals surface area contributed by atoms with E-state index in [4.69, 9.17) is 16.3 Å². The molecular formula is C31H42BrClN2O2S. The Balaban J connectivity index is 0.00000507. The molecule has 0 radical (unpaired) electrons. The predicted molar refractivity (Wildman–Crippen MR) is 156 cm³/mol. The first-order valence-corrected chi connectivity index (χ1v) is 15.2. The Labute approximate surface area is 248 Å². The number of ether oxygens (including phenoxy) is 1. The molecule has 1 N–H and O–H groups in total. The summed E-state index contributed by atoms with van der Waals surface area (Å²) in [5.74, 6) is 0.560. The van der Waals surface area contributed by atoms with Gasteiger partial charge in [0, 0.05) is 17.2 Å². The summed E-state index contributed by atoms with van der Waals surface area (Å²) in [5.41, 5.74) is 4.32. The maximum atomic E-state index is 12.8. The van der Waals surface area contributed by atoms with Crippen LogP contribution in [0.25, 0.3) is 0 Å². The Morgan fingerprint density at radius 1 is 0.921 bits per heavy atom. The second-order valence-electron chi connectivity index (χ2n) is 9.73. The predicted octanol–water partition coefficient (Wildman–Crippen LogP) is 6.07. The van der Waals surface area contributed by atoms with E-state index < -0.39 is 0 Å². The Morgan fingerprint density at radius 2 is 1.61 bits per heavy atom. The molecule has 0 saturated carbocycles. The molecule has 1 amide bonds. The van der Waals surface area contributed by atoms with Gasteiger partial charge < -0.3 is 27.0 Å². The maximum absolute atomic E-state index is 12.8. The number of nitrogens with one attached hydrogen (secondary N) is 1. The van der Waals surface area contributed by atoms with Crippen molar-refractivity contribution in [3.63, 3.8) is 0 Å². The number of halogens is 2. The molecule has 7 heteroatoms. The van der Waals surface area contributed by atoms with Crippen molar-refractivity contribution in [2.45, 2.75) is 90.5 Å². The number of benzene rings is 2. The zero-order valence-corrected chi connectivity index (χ0v) is 25.8. The highest BCUT2D eigenvalue weighted by Gasteiger charge is 2.12. The highest BCUT2D eigenvalue weighted by molar-refractivity contribution is 7.07. The Bertz CT molecular complexity index is 1060. The van der Waals surface area contributed by atoms with Crippen LogP contribution >= 0.6 is 22.9 Å². The van der Waals surface area contributed by atoms with Gasteiger partial charge in [0.15, 0.2) is 12.7 Å². The average molecular weight is 622 g/mol. The fourth-order valence-electron chi connectivity index (χ4n) is 4.39. The molecule has 0 bridgehead atoms. The third kappa shape index (κ3) is 12.3. The van der Waals surface area contributed by atoms with Crippen molar-refractivity contribution in [3.8, 4) is 5.75 Å². The van der Waals surface area contributed by atoms with Gasteiger partial charge >= 0.3 is 0 Å². The van der Waals surface area contributed by atoms with Crippen LogP contribution in [0.2, 0.25) is 5.02 Å². The highest BCUT2D eigenvalue weighted by atomic mass is 79.9. The summed E-state index contributed by atoms with van der Waals surface area (Å²) in [7, 11) is 0. The lowest BCUT2D eigenvalue weighted by Gasteiger charge is -2.11. The van der Waals surface area contributed by atoms with Crippen LogP contribution in [0.4, 0.5) is 5.69 Å². The van der Waals surface area contributed by atoms with Crippen molar-refractivity contribution in [3.05, 3.63) is 75.7 Å². The molecule has 0 atom stereocenters. The maximum Gasteiger partial charge on any atom is 0.255 e. The minimum atomic E-state index is -0.177. The van der Waals surface area contributed by atoms with Gasteiger partial charge in [-0.25, -0.2) is 0 Å². The van der Waals surface area contributed by atoms with Gasteiger partial charge in [-0.15, -0.1) is 0 Å². The van der Waals surface area contributed by atoms with Gasteiger partial charge in [-0.1, -0.05) is 113 Å². The Kier molecular flexibility index (Phi) is 16.3. The normalized spacial score (nSPS) is 10.7. The van der Waals surface area contributed by atoms with Crippen LogP contribution in [0.3, 0.4) is 0 Å². The third-order valence-corrected chi connectivity index (χ3v) is 7.52. The number of carbonyl (C=O) groups is 1. The highest BCUT2D eigenvalue weighted by Crippen LogP contribution is 2.27. The second kappa shape index (κ2) is 19.2. The van der Waals surface area contributed by atoms with E-state index in [1.807, 2.05) is 53.5 Å². The van der Waals surface area contributed by atoms with E-state index in [2.05, 4.69) is 16.8 Å². The van der Waals surface area contributed by atoms with E-state index in [0.717, 1.165) is 24.3 Å². The number of anilines is 1. The van der Waals surface area contributed by atoms with Gasteiger partial charge in [-0.2, -0.15) is 4.57 Å². The zero-order valence-electron chi connectivity index (χ0n) is 22.6. The van der Waals surface area contributed by atoms with E-state index >= 15 is 0 Å². The third-order valence-electron chi connectivity index (χ3n) is 6.54. The number of hydrogen-bond acceptors (Lipinski definition) is 3. The molecule has 4 nitrogen and oxygen atoms in total. The van der Waals surface area contributed by atoms with Crippen LogP contribution in [0.15, 0.2) is 59.6 Å². The number of aromatic nitrogens is 1. The molecule has 2 aromatic carbocycles. The second-order valence-corrected chi connectivity index (χ2v) is 10.9. The first-order chi connectivity index (χ1) is 18.2. The fraction of sp³-hybridized carbons (Fsp3) is 0.484. The summed E-state index contributed by atoms with van der Waals surface area (Å²) in [6.07, 6.45) is 17.9. The number of nitrogens with zero attached hydrogens (tertiary/aromatic N) is 1. The van der Waals surface area contributed by atoms with Crippen molar-refractivity contribution < 1.29 is 31.1 Å². The molecule has 1 aromatic heterocycles. The summed E-state index contributed by atoms with van der Waals surface area (Å²) in [5, 5.41) is 5.44. The Morgan fingerprint density at radius 3 is 2.24 bits per heavy atom. The lowest BCUT2D eigenvalue weighted by Crippen LogP contribution is -3.00. The van der Waals surface area contributed by atoms with Gasteiger partial charge in [-0.05, 0) is 30.7 Å². The molecule has 0 spiro atoms. The standard InChI is InChI=1S/C31H41ClN2O2S.BrH/c1-2-3-4-5-6-7-8-9-10-11-12-13-20-36-28-17-18-30(29(32)23-28)33-31(35)27-16-14-15-26(22-27)24-34-19-21-37-25-34;/h14-19,21-23,25H,2-13,20,24H2,1H3;1H. The molecule has 0 fully saturated rings. The molecule has 0 aliphatic carbocycles. The summed E-state index contributed by atoms with van der Waals surface area (Å²) in [6.45, 7) is 3.69. The average Bonchev–Trinajstić information content (AvgIpc) is 3.41. The number of hydrogen-bond donors (Lipinski definition) is 1.